The Morgan fingerprint density at radius 1 is 1.09 bits per heavy atom. The van der Waals surface area contributed by atoms with Crippen molar-refractivity contribution in [3.05, 3.63) is 91.1 Å². The van der Waals surface area contributed by atoms with E-state index in [0.717, 1.165) is 24.2 Å². The number of carbonyl (C=O) groups is 3. The number of hydrogen-bond donors (Lipinski definition) is 3. The van der Waals surface area contributed by atoms with Crippen LogP contribution in [0.3, 0.4) is 0 Å². The van der Waals surface area contributed by atoms with Crippen LogP contribution in [-0.4, -0.2) is 46.9 Å². The molecule has 0 aliphatic carbocycles. The van der Waals surface area contributed by atoms with Crippen LogP contribution in [0.1, 0.15) is 36.7 Å². The molecular weight excluding hydrogens is 509 g/mol. The van der Waals surface area contributed by atoms with Gasteiger partial charge in [0.15, 0.2) is 0 Å². The number of thiophene rings is 1. The van der Waals surface area contributed by atoms with Crippen LogP contribution < -0.4 is 10.6 Å². The molecule has 35 heavy (non-hydrogen) atoms. The zero-order valence-electron chi connectivity index (χ0n) is 18.6. The molecule has 2 heterocycles. The van der Waals surface area contributed by atoms with Gasteiger partial charge >= 0.3 is 5.97 Å². The van der Waals surface area contributed by atoms with E-state index < -0.39 is 23.8 Å². The van der Waals surface area contributed by atoms with Crippen LogP contribution in [-0.2, 0) is 24.3 Å². The predicted octanol–water partition coefficient (Wildman–Crippen LogP) is 4.23. The molecule has 1 aromatic heterocycles. The van der Waals surface area contributed by atoms with Crippen LogP contribution in [0.2, 0.25) is 10.0 Å². The molecule has 0 fully saturated rings. The average Bonchev–Trinajstić information content (AvgIpc) is 3.37. The fourth-order valence-electron chi connectivity index (χ4n) is 4.02. The molecule has 0 saturated carbocycles. The maximum Gasteiger partial charge on any atom is 0.328 e. The van der Waals surface area contributed by atoms with Crippen molar-refractivity contribution in [1.82, 2.24) is 15.5 Å². The molecule has 0 unspecified atom stereocenters. The first kappa shape index (κ1) is 25.2. The number of aliphatic carboxylic acids is 1. The molecule has 2 amide bonds. The van der Waals surface area contributed by atoms with Crippen LogP contribution in [0, 0.1) is 0 Å². The van der Waals surface area contributed by atoms with Gasteiger partial charge in [-0.3, -0.25) is 14.5 Å². The Bertz CT molecular complexity index is 1240. The molecule has 0 radical (unpaired) electrons. The summed E-state index contributed by atoms with van der Waals surface area (Å²) in [5.41, 5.74) is 3.02. The van der Waals surface area contributed by atoms with Gasteiger partial charge in [-0.2, -0.15) is 0 Å². The van der Waals surface area contributed by atoms with Crippen molar-refractivity contribution in [1.29, 1.82) is 0 Å². The van der Waals surface area contributed by atoms with Gasteiger partial charge in [0.1, 0.15) is 6.04 Å². The van der Waals surface area contributed by atoms with Gasteiger partial charge in [0, 0.05) is 26.2 Å². The minimum atomic E-state index is -1.35. The number of nitrogens with zero attached hydrogens (tertiary/aromatic N) is 1. The lowest BCUT2D eigenvalue weighted by Crippen LogP contribution is -2.48. The Hall–Kier alpha value is -2.91. The number of fused-ring (bicyclic) bond motifs is 1. The van der Waals surface area contributed by atoms with Crippen molar-refractivity contribution < 1.29 is 19.5 Å². The lowest BCUT2D eigenvalue weighted by atomic mass is 9.96. The second kappa shape index (κ2) is 11.2. The van der Waals surface area contributed by atoms with Crippen molar-refractivity contribution >= 4 is 52.3 Å². The quantitative estimate of drug-likeness (QED) is 0.404. The highest BCUT2D eigenvalue weighted by Gasteiger charge is 2.28. The van der Waals surface area contributed by atoms with E-state index in [9.17, 15) is 19.5 Å². The van der Waals surface area contributed by atoms with Crippen LogP contribution >= 0.6 is 34.5 Å². The standard InChI is InChI=1S/C25H23Cl2N3O4S/c26-18-11-16-14-30(13-15-5-2-1-3-6-15)9-8-17(16)22(27)21(18)24(32)29-19(25(33)34)12-28-23(31)20-7-4-10-35-20/h1-7,10-11,19H,8-9,12-14H2,(H,28,31)(H,29,32)(H,33,34)/t19-/m0/s1. The van der Waals surface area contributed by atoms with Gasteiger partial charge in [-0.25, -0.2) is 4.79 Å². The van der Waals surface area contributed by atoms with Crippen molar-refractivity contribution in [2.24, 2.45) is 0 Å². The summed E-state index contributed by atoms with van der Waals surface area (Å²) < 4.78 is 0. The van der Waals surface area contributed by atoms with E-state index >= 15 is 0 Å². The molecule has 3 aromatic rings. The second-order valence-electron chi connectivity index (χ2n) is 8.18. The molecule has 0 saturated heterocycles. The number of nitrogens with one attached hydrogen (secondary N) is 2. The number of rotatable bonds is 8. The van der Waals surface area contributed by atoms with Crippen molar-refractivity contribution in [3.63, 3.8) is 0 Å². The summed E-state index contributed by atoms with van der Waals surface area (Å²) in [6.07, 6.45) is 0.637. The first-order chi connectivity index (χ1) is 16.8. The van der Waals surface area contributed by atoms with Gasteiger partial charge in [0.25, 0.3) is 11.8 Å². The van der Waals surface area contributed by atoms with Gasteiger partial charge in [0.05, 0.1) is 20.5 Å². The molecule has 4 rings (SSSR count). The summed E-state index contributed by atoms with van der Waals surface area (Å²) in [5, 5.41) is 16.7. The summed E-state index contributed by atoms with van der Waals surface area (Å²) in [6.45, 7) is 1.90. The fraction of sp³-hybridized carbons (Fsp3) is 0.240. The molecule has 1 aliphatic rings. The third kappa shape index (κ3) is 6.02. The van der Waals surface area contributed by atoms with E-state index in [1.165, 1.54) is 16.9 Å². The van der Waals surface area contributed by atoms with E-state index in [1.807, 2.05) is 18.2 Å². The number of carbonyl (C=O) groups excluding carboxylic acids is 2. The third-order valence-corrected chi connectivity index (χ3v) is 7.36. The molecule has 182 valence electrons. The highest BCUT2D eigenvalue weighted by atomic mass is 35.5. The number of amides is 2. The number of carboxylic acid groups (broad SMARTS) is 1. The van der Waals surface area contributed by atoms with Gasteiger partial charge in [-0.15, -0.1) is 11.3 Å². The summed E-state index contributed by atoms with van der Waals surface area (Å²) in [7, 11) is 0. The zero-order valence-corrected chi connectivity index (χ0v) is 20.9. The molecular formula is C25H23Cl2N3O4S. The van der Waals surface area contributed by atoms with Crippen molar-refractivity contribution in [2.75, 3.05) is 13.1 Å². The number of benzene rings is 2. The van der Waals surface area contributed by atoms with Crippen LogP contribution in [0.5, 0.6) is 0 Å². The Labute approximate surface area is 216 Å². The normalized spacial score (nSPS) is 14.1. The fourth-order valence-corrected chi connectivity index (χ4v) is 5.42. The molecule has 7 nitrogen and oxygen atoms in total. The highest BCUT2D eigenvalue weighted by Crippen LogP contribution is 2.35. The third-order valence-electron chi connectivity index (χ3n) is 5.78. The summed E-state index contributed by atoms with van der Waals surface area (Å²) >= 11 is 14.3. The second-order valence-corrected chi connectivity index (χ2v) is 9.92. The Balaban J connectivity index is 1.46. The number of carboxylic acids is 1. The SMILES string of the molecule is O=C(NC[C@H](NC(=O)c1c(Cl)cc2c(c1Cl)CCN(Cc1ccccc1)C2)C(=O)O)c1cccs1. The molecule has 0 bridgehead atoms. The van der Waals surface area contributed by atoms with E-state index in [2.05, 4.69) is 27.7 Å². The van der Waals surface area contributed by atoms with Gasteiger partial charge in [-0.05, 0) is 40.6 Å². The minimum Gasteiger partial charge on any atom is -0.480 e. The Kier molecular flexibility index (Phi) is 8.07. The van der Waals surface area contributed by atoms with E-state index in [-0.39, 0.29) is 22.2 Å². The average molecular weight is 532 g/mol. The lowest BCUT2D eigenvalue weighted by Gasteiger charge is -2.30. The summed E-state index contributed by atoms with van der Waals surface area (Å²) in [6, 6.07) is 13.9. The van der Waals surface area contributed by atoms with Crippen molar-refractivity contribution in [3.8, 4) is 0 Å². The minimum absolute atomic E-state index is 0.0411. The molecule has 0 spiro atoms. The van der Waals surface area contributed by atoms with E-state index in [4.69, 9.17) is 23.2 Å². The largest absolute Gasteiger partial charge is 0.480 e. The topological polar surface area (TPSA) is 98.7 Å². The van der Waals surface area contributed by atoms with Crippen LogP contribution in [0.4, 0.5) is 0 Å². The molecule has 10 heteroatoms. The molecule has 2 aromatic carbocycles. The molecule has 1 aliphatic heterocycles. The number of halogens is 2. The smallest absolute Gasteiger partial charge is 0.328 e. The summed E-state index contributed by atoms with van der Waals surface area (Å²) in [4.78, 5) is 39.6. The van der Waals surface area contributed by atoms with E-state index in [1.54, 1.807) is 23.6 Å². The highest BCUT2D eigenvalue weighted by molar-refractivity contribution is 7.12. The monoisotopic (exact) mass is 531 g/mol. The van der Waals surface area contributed by atoms with Crippen molar-refractivity contribution in [2.45, 2.75) is 25.6 Å². The maximum atomic E-state index is 13.0. The van der Waals surface area contributed by atoms with Gasteiger partial charge in [0.2, 0.25) is 0 Å². The van der Waals surface area contributed by atoms with Crippen LogP contribution in [0.25, 0.3) is 0 Å². The lowest BCUT2D eigenvalue weighted by molar-refractivity contribution is -0.139. The maximum absolute atomic E-state index is 13.0. The van der Waals surface area contributed by atoms with Gasteiger partial charge < -0.3 is 15.7 Å². The molecule has 1 atom stereocenters. The first-order valence-electron chi connectivity index (χ1n) is 10.9. The molecule has 3 N–H and O–H groups in total. The Morgan fingerprint density at radius 2 is 1.86 bits per heavy atom. The zero-order chi connectivity index (χ0) is 24.9. The first-order valence-corrected chi connectivity index (χ1v) is 12.6. The van der Waals surface area contributed by atoms with Gasteiger partial charge in [-0.1, -0.05) is 59.6 Å². The summed E-state index contributed by atoms with van der Waals surface area (Å²) in [5.74, 6) is -2.40. The van der Waals surface area contributed by atoms with E-state index in [0.29, 0.717) is 17.8 Å². The predicted molar refractivity (Wildman–Crippen MR) is 136 cm³/mol. The number of hydrogen-bond acceptors (Lipinski definition) is 5. The van der Waals surface area contributed by atoms with Crippen LogP contribution in [0.15, 0.2) is 53.9 Å². The Morgan fingerprint density at radius 3 is 2.54 bits per heavy atom.